The van der Waals surface area contributed by atoms with Gasteiger partial charge in [-0.25, -0.2) is 0 Å². The molecule has 1 atom stereocenters. The van der Waals surface area contributed by atoms with Crippen LogP contribution in [-0.4, -0.2) is 29.1 Å². The SMILES string of the molecule is O=C(NCCc1ccccn1)C(CO)c1ccccc1. The van der Waals surface area contributed by atoms with Crippen molar-refractivity contribution in [1.82, 2.24) is 10.3 Å². The molecule has 0 radical (unpaired) electrons. The standard InChI is InChI=1S/C16H18N2O2/c19-12-15(13-6-2-1-3-7-13)16(20)18-11-9-14-8-4-5-10-17-14/h1-8,10,15,19H,9,11-12H2,(H,18,20). The Bertz CT molecular complexity index is 529. The van der Waals surface area contributed by atoms with Gasteiger partial charge in [-0.15, -0.1) is 0 Å². The van der Waals surface area contributed by atoms with E-state index in [4.69, 9.17) is 0 Å². The molecule has 2 N–H and O–H groups in total. The maximum Gasteiger partial charge on any atom is 0.229 e. The summed E-state index contributed by atoms with van der Waals surface area (Å²) in [7, 11) is 0. The van der Waals surface area contributed by atoms with Crippen molar-refractivity contribution in [3.63, 3.8) is 0 Å². The first kappa shape index (κ1) is 14.2. The normalized spacial score (nSPS) is 11.8. The van der Waals surface area contributed by atoms with E-state index in [1.165, 1.54) is 0 Å². The predicted molar refractivity (Wildman–Crippen MR) is 77.2 cm³/mol. The molecule has 20 heavy (non-hydrogen) atoms. The molecule has 0 aliphatic carbocycles. The van der Waals surface area contributed by atoms with Crippen molar-refractivity contribution in [3.8, 4) is 0 Å². The summed E-state index contributed by atoms with van der Waals surface area (Å²) in [6, 6.07) is 15.0. The number of nitrogens with one attached hydrogen (secondary N) is 1. The van der Waals surface area contributed by atoms with Gasteiger partial charge in [-0.2, -0.15) is 0 Å². The number of benzene rings is 1. The highest BCUT2D eigenvalue weighted by atomic mass is 16.3. The van der Waals surface area contributed by atoms with Gasteiger partial charge in [0.25, 0.3) is 0 Å². The Morgan fingerprint density at radius 2 is 1.90 bits per heavy atom. The number of hydrogen-bond donors (Lipinski definition) is 2. The van der Waals surface area contributed by atoms with E-state index >= 15 is 0 Å². The van der Waals surface area contributed by atoms with E-state index in [0.717, 1.165) is 11.3 Å². The molecule has 2 rings (SSSR count). The highest BCUT2D eigenvalue weighted by molar-refractivity contribution is 5.83. The molecule has 0 saturated carbocycles. The van der Waals surface area contributed by atoms with Gasteiger partial charge in [0, 0.05) is 24.9 Å². The lowest BCUT2D eigenvalue weighted by Gasteiger charge is -2.14. The van der Waals surface area contributed by atoms with E-state index in [0.29, 0.717) is 13.0 Å². The van der Waals surface area contributed by atoms with E-state index in [1.54, 1.807) is 6.20 Å². The van der Waals surface area contributed by atoms with Crippen molar-refractivity contribution in [2.75, 3.05) is 13.2 Å². The summed E-state index contributed by atoms with van der Waals surface area (Å²) >= 11 is 0. The number of hydrogen-bond acceptors (Lipinski definition) is 3. The second kappa shape index (κ2) is 7.40. The maximum atomic E-state index is 12.1. The van der Waals surface area contributed by atoms with Crippen LogP contribution < -0.4 is 5.32 Å². The van der Waals surface area contributed by atoms with E-state index in [9.17, 15) is 9.90 Å². The van der Waals surface area contributed by atoms with Gasteiger partial charge in [0.15, 0.2) is 0 Å². The molecule has 2 aromatic rings. The molecular formula is C16H18N2O2. The Labute approximate surface area is 118 Å². The molecule has 0 saturated heterocycles. The average molecular weight is 270 g/mol. The van der Waals surface area contributed by atoms with Crippen molar-refractivity contribution < 1.29 is 9.90 Å². The van der Waals surface area contributed by atoms with Crippen LogP contribution in [0.1, 0.15) is 17.2 Å². The van der Waals surface area contributed by atoms with Crippen LogP contribution in [0.2, 0.25) is 0 Å². The summed E-state index contributed by atoms with van der Waals surface area (Å²) < 4.78 is 0. The van der Waals surface area contributed by atoms with Gasteiger partial charge in [0.05, 0.1) is 12.5 Å². The van der Waals surface area contributed by atoms with Gasteiger partial charge in [0.2, 0.25) is 5.91 Å². The van der Waals surface area contributed by atoms with E-state index in [2.05, 4.69) is 10.3 Å². The zero-order chi connectivity index (χ0) is 14.2. The number of pyridine rings is 1. The first-order valence-electron chi connectivity index (χ1n) is 6.64. The predicted octanol–water partition coefficient (Wildman–Crippen LogP) is 1.52. The van der Waals surface area contributed by atoms with Crippen LogP contribution in [0.4, 0.5) is 0 Å². The fraction of sp³-hybridized carbons (Fsp3) is 0.250. The molecular weight excluding hydrogens is 252 g/mol. The van der Waals surface area contributed by atoms with E-state index in [-0.39, 0.29) is 12.5 Å². The Morgan fingerprint density at radius 1 is 1.15 bits per heavy atom. The Hall–Kier alpha value is -2.20. The molecule has 0 fully saturated rings. The topological polar surface area (TPSA) is 62.2 Å². The summed E-state index contributed by atoms with van der Waals surface area (Å²) in [6.07, 6.45) is 2.41. The minimum Gasteiger partial charge on any atom is -0.395 e. The number of aliphatic hydroxyl groups is 1. The molecule has 1 amide bonds. The smallest absolute Gasteiger partial charge is 0.229 e. The molecule has 1 aromatic carbocycles. The molecule has 0 aliphatic heterocycles. The van der Waals surface area contributed by atoms with Crippen LogP contribution in [0.3, 0.4) is 0 Å². The van der Waals surface area contributed by atoms with Crippen molar-refractivity contribution in [1.29, 1.82) is 0 Å². The number of aliphatic hydroxyl groups excluding tert-OH is 1. The highest BCUT2D eigenvalue weighted by Crippen LogP contribution is 2.14. The number of aromatic nitrogens is 1. The number of nitrogens with zero attached hydrogens (tertiary/aromatic N) is 1. The number of amides is 1. The number of rotatable bonds is 6. The lowest BCUT2D eigenvalue weighted by molar-refractivity contribution is -0.123. The van der Waals surface area contributed by atoms with Crippen molar-refractivity contribution in [2.24, 2.45) is 0 Å². The van der Waals surface area contributed by atoms with Crippen LogP contribution in [0.5, 0.6) is 0 Å². The van der Waals surface area contributed by atoms with Crippen molar-refractivity contribution >= 4 is 5.91 Å². The molecule has 1 aromatic heterocycles. The van der Waals surface area contributed by atoms with Gasteiger partial charge in [-0.3, -0.25) is 9.78 Å². The van der Waals surface area contributed by atoms with Crippen LogP contribution >= 0.6 is 0 Å². The first-order valence-corrected chi connectivity index (χ1v) is 6.64. The van der Waals surface area contributed by atoms with E-state index < -0.39 is 5.92 Å². The third-order valence-electron chi connectivity index (χ3n) is 3.11. The van der Waals surface area contributed by atoms with E-state index in [1.807, 2.05) is 48.5 Å². The summed E-state index contributed by atoms with van der Waals surface area (Å²) in [6.45, 7) is 0.318. The van der Waals surface area contributed by atoms with Gasteiger partial charge in [-0.05, 0) is 17.7 Å². The molecule has 1 heterocycles. The second-order valence-electron chi connectivity index (χ2n) is 4.51. The molecule has 4 heteroatoms. The fourth-order valence-electron chi connectivity index (χ4n) is 2.01. The largest absolute Gasteiger partial charge is 0.395 e. The third-order valence-corrected chi connectivity index (χ3v) is 3.11. The zero-order valence-electron chi connectivity index (χ0n) is 11.2. The highest BCUT2D eigenvalue weighted by Gasteiger charge is 2.18. The quantitative estimate of drug-likeness (QED) is 0.836. The van der Waals surface area contributed by atoms with Gasteiger partial charge in [-0.1, -0.05) is 36.4 Å². The Morgan fingerprint density at radius 3 is 2.55 bits per heavy atom. The minimum absolute atomic E-state index is 0.158. The van der Waals surface area contributed by atoms with Gasteiger partial charge in [0.1, 0.15) is 0 Å². The maximum absolute atomic E-state index is 12.1. The lowest BCUT2D eigenvalue weighted by atomic mass is 9.99. The van der Waals surface area contributed by atoms with Crippen LogP contribution in [-0.2, 0) is 11.2 Å². The molecule has 0 spiro atoms. The second-order valence-corrected chi connectivity index (χ2v) is 4.51. The number of carbonyl (C=O) groups is 1. The first-order chi connectivity index (χ1) is 9.81. The van der Waals surface area contributed by atoms with Crippen LogP contribution in [0.25, 0.3) is 0 Å². The third kappa shape index (κ3) is 3.90. The fourth-order valence-corrected chi connectivity index (χ4v) is 2.01. The summed E-state index contributed by atoms with van der Waals surface area (Å²) in [4.78, 5) is 16.3. The zero-order valence-corrected chi connectivity index (χ0v) is 11.2. The Kier molecular flexibility index (Phi) is 5.26. The van der Waals surface area contributed by atoms with Crippen molar-refractivity contribution in [2.45, 2.75) is 12.3 Å². The van der Waals surface area contributed by atoms with Gasteiger partial charge >= 0.3 is 0 Å². The minimum atomic E-state index is -0.514. The summed E-state index contributed by atoms with van der Waals surface area (Å²) in [5.41, 5.74) is 1.76. The lowest BCUT2D eigenvalue weighted by Crippen LogP contribution is -2.32. The monoisotopic (exact) mass is 270 g/mol. The average Bonchev–Trinajstić information content (AvgIpc) is 2.50. The molecule has 1 unspecified atom stereocenters. The van der Waals surface area contributed by atoms with Crippen LogP contribution in [0.15, 0.2) is 54.7 Å². The molecule has 104 valence electrons. The number of carbonyl (C=O) groups excluding carboxylic acids is 1. The van der Waals surface area contributed by atoms with Crippen LogP contribution in [0, 0.1) is 0 Å². The summed E-state index contributed by atoms with van der Waals surface area (Å²) in [5, 5.41) is 12.2. The summed E-state index contributed by atoms with van der Waals surface area (Å²) in [5.74, 6) is -0.672. The van der Waals surface area contributed by atoms with Gasteiger partial charge < -0.3 is 10.4 Å². The molecule has 0 aliphatic rings. The molecule has 0 bridgehead atoms. The Balaban J connectivity index is 1.87. The molecule has 4 nitrogen and oxygen atoms in total. The van der Waals surface area contributed by atoms with Crippen molar-refractivity contribution in [3.05, 3.63) is 66.0 Å².